The predicted molar refractivity (Wildman–Crippen MR) is 101 cm³/mol. The number of hydrogen-bond donors (Lipinski definition) is 3. The molecule has 2 rings (SSSR count). The van der Waals surface area contributed by atoms with Crippen LogP contribution in [0.5, 0.6) is 0 Å². The highest BCUT2D eigenvalue weighted by Gasteiger charge is 2.14. The minimum Gasteiger partial charge on any atom is -0.320 e. The second kappa shape index (κ2) is 8.52. The molecular formula is C15H23N5O2S2. The lowest BCUT2D eigenvalue weighted by Crippen LogP contribution is -2.34. The molecule has 1 atom stereocenters. The van der Waals surface area contributed by atoms with Gasteiger partial charge in [0.05, 0.1) is 16.8 Å². The van der Waals surface area contributed by atoms with Crippen molar-refractivity contribution >= 4 is 38.4 Å². The molecule has 1 aromatic heterocycles. The molecule has 1 aromatic rings. The molecule has 2 heterocycles. The number of amidine groups is 1. The molecule has 0 aromatic carbocycles. The van der Waals surface area contributed by atoms with E-state index in [1.807, 2.05) is 13.0 Å². The summed E-state index contributed by atoms with van der Waals surface area (Å²) in [7, 11) is -3.12. The molecule has 9 heteroatoms. The molecular weight excluding hydrogens is 346 g/mol. The summed E-state index contributed by atoms with van der Waals surface area (Å²) in [5.41, 5.74) is 0.959. The second-order valence-electron chi connectivity index (χ2n) is 5.55. The lowest BCUT2D eigenvalue weighted by Gasteiger charge is -2.18. The fourth-order valence-corrected chi connectivity index (χ4v) is 3.54. The van der Waals surface area contributed by atoms with Crippen LogP contribution in [0, 0.1) is 12.8 Å². The van der Waals surface area contributed by atoms with Crippen LogP contribution in [0.15, 0.2) is 23.8 Å². The molecule has 0 amide bonds. The van der Waals surface area contributed by atoms with Crippen LogP contribution in [0.25, 0.3) is 6.08 Å². The summed E-state index contributed by atoms with van der Waals surface area (Å²) in [6, 6.07) is 0. The molecule has 0 radical (unpaired) electrons. The molecule has 3 N–H and O–H groups in total. The van der Waals surface area contributed by atoms with Gasteiger partial charge in [0.1, 0.15) is 5.84 Å². The van der Waals surface area contributed by atoms with E-state index in [0.29, 0.717) is 19.0 Å². The van der Waals surface area contributed by atoms with E-state index in [-0.39, 0.29) is 0 Å². The van der Waals surface area contributed by atoms with Crippen LogP contribution in [0.2, 0.25) is 0 Å². The van der Waals surface area contributed by atoms with Crippen LogP contribution < -0.4 is 15.4 Å². The minimum atomic E-state index is -3.12. The smallest absolute Gasteiger partial charge is 0.208 e. The summed E-state index contributed by atoms with van der Waals surface area (Å²) in [5, 5.41) is 7.33. The topological polar surface area (TPSA) is 95.5 Å². The zero-order valence-corrected chi connectivity index (χ0v) is 15.5. The number of anilines is 1. The first-order valence-electron chi connectivity index (χ1n) is 7.63. The first kappa shape index (κ1) is 18.8. The molecule has 1 aliphatic heterocycles. The second-order valence-corrected chi connectivity index (χ2v) is 8.41. The SMILES string of the molecule is C=Cc1sc(NC2=NC=CC(CNCCNS(C)(=O)=O)C2)nc1C. The molecule has 132 valence electrons. The lowest BCUT2D eigenvalue weighted by atomic mass is 10.0. The predicted octanol–water partition coefficient (Wildman–Crippen LogP) is 1.58. The maximum atomic E-state index is 11.0. The van der Waals surface area contributed by atoms with E-state index in [2.05, 4.69) is 31.9 Å². The van der Waals surface area contributed by atoms with Gasteiger partial charge in [-0.3, -0.25) is 0 Å². The Morgan fingerprint density at radius 3 is 2.92 bits per heavy atom. The molecule has 1 aliphatic rings. The highest BCUT2D eigenvalue weighted by molar-refractivity contribution is 7.88. The van der Waals surface area contributed by atoms with Gasteiger partial charge in [0.2, 0.25) is 10.0 Å². The third-order valence-corrected chi connectivity index (χ3v) is 5.18. The largest absolute Gasteiger partial charge is 0.320 e. The van der Waals surface area contributed by atoms with Gasteiger partial charge in [-0.25, -0.2) is 23.1 Å². The normalized spacial score (nSPS) is 17.6. The monoisotopic (exact) mass is 369 g/mol. The fraction of sp³-hybridized carbons (Fsp3) is 0.467. The Morgan fingerprint density at radius 2 is 2.25 bits per heavy atom. The number of nitrogens with zero attached hydrogens (tertiary/aromatic N) is 2. The van der Waals surface area contributed by atoms with Crippen molar-refractivity contribution in [2.24, 2.45) is 10.9 Å². The maximum Gasteiger partial charge on any atom is 0.208 e. The maximum absolute atomic E-state index is 11.0. The van der Waals surface area contributed by atoms with E-state index in [0.717, 1.165) is 40.8 Å². The molecule has 0 spiro atoms. The quantitative estimate of drug-likeness (QED) is 0.605. The average molecular weight is 370 g/mol. The average Bonchev–Trinajstić information content (AvgIpc) is 2.86. The number of thiazole rings is 1. The minimum absolute atomic E-state index is 0.308. The Balaban J connectivity index is 1.76. The van der Waals surface area contributed by atoms with Crippen molar-refractivity contribution in [1.82, 2.24) is 15.0 Å². The van der Waals surface area contributed by atoms with Gasteiger partial charge in [-0.1, -0.05) is 30.1 Å². The zero-order valence-electron chi connectivity index (χ0n) is 13.9. The molecule has 0 saturated carbocycles. The number of rotatable bonds is 8. The molecule has 24 heavy (non-hydrogen) atoms. The zero-order chi connectivity index (χ0) is 17.6. The van der Waals surface area contributed by atoms with Gasteiger partial charge in [0, 0.05) is 32.3 Å². The fourth-order valence-electron chi connectivity index (χ4n) is 2.23. The van der Waals surface area contributed by atoms with E-state index < -0.39 is 10.0 Å². The summed E-state index contributed by atoms with van der Waals surface area (Å²) >= 11 is 1.56. The van der Waals surface area contributed by atoms with Crippen molar-refractivity contribution in [3.05, 3.63) is 29.4 Å². The lowest BCUT2D eigenvalue weighted by molar-refractivity contribution is 0.555. The number of aromatic nitrogens is 1. The number of sulfonamides is 1. The van der Waals surface area contributed by atoms with Gasteiger partial charge in [0.15, 0.2) is 5.13 Å². The van der Waals surface area contributed by atoms with E-state index in [9.17, 15) is 8.42 Å². The molecule has 1 unspecified atom stereocenters. The summed E-state index contributed by atoms with van der Waals surface area (Å²) < 4.78 is 24.4. The molecule has 0 fully saturated rings. The summed E-state index contributed by atoms with van der Waals surface area (Å²) in [4.78, 5) is 9.88. The van der Waals surface area contributed by atoms with Crippen LogP contribution in [0.4, 0.5) is 5.13 Å². The van der Waals surface area contributed by atoms with Gasteiger partial charge in [-0.15, -0.1) is 0 Å². The number of aryl methyl sites for hydroxylation is 1. The highest BCUT2D eigenvalue weighted by Crippen LogP contribution is 2.24. The Bertz CT molecular complexity index is 737. The van der Waals surface area contributed by atoms with Crippen LogP contribution in [0.3, 0.4) is 0 Å². The molecule has 0 aliphatic carbocycles. The molecule has 7 nitrogen and oxygen atoms in total. The number of nitrogens with one attached hydrogen (secondary N) is 3. The van der Waals surface area contributed by atoms with Gasteiger partial charge < -0.3 is 10.6 Å². The van der Waals surface area contributed by atoms with Crippen molar-refractivity contribution in [2.75, 3.05) is 31.2 Å². The van der Waals surface area contributed by atoms with Gasteiger partial charge in [0.25, 0.3) is 0 Å². The van der Waals surface area contributed by atoms with Crippen LogP contribution in [-0.4, -0.2) is 45.1 Å². The van der Waals surface area contributed by atoms with Crippen LogP contribution >= 0.6 is 11.3 Å². The van der Waals surface area contributed by atoms with Gasteiger partial charge >= 0.3 is 0 Å². The van der Waals surface area contributed by atoms with Crippen molar-refractivity contribution in [3.63, 3.8) is 0 Å². The number of hydrogen-bond acceptors (Lipinski definition) is 7. The first-order valence-corrected chi connectivity index (χ1v) is 10.3. The van der Waals surface area contributed by atoms with E-state index in [1.54, 1.807) is 23.6 Å². The van der Waals surface area contributed by atoms with Crippen LogP contribution in [-0.2, 0) is 10.0 Å². The van der Waals surface area contributed by atoms with E-state index in [4.69, 9.17) is 0 Å². The third kappa shape index (κ3) is 6.16. The highest BCUT2D eigenvalue weighted by atomic mass is 32.2. The molecule has 0 bridgehead atoms. The Kier molecular flexibility index (Phi) is 6.67. The third-order valence-electron chi connectivity index (χ3n) is 3.39. The van der Waals surface area contributed by atoms with Gasteiger partial charge in [-0.05, 0) is 12.8 Å². The Labute approximate surface area is 147 Å². The summed E-state index contributed by atoms with van der Waals surface area (Å²) in [6.45, 7) is 7.47. The van der Waals surface area contributed by atoms with E-state index in [1.165, 1.54) is 0 Å². The number of aliphatic imine (C=N–C) groups is 1. The van der Waals surface area contributed by atoms with Crippen molar-refractivity contribution in [1.29, 1.82) is 0 Å². The Morgan fingerprint density at radius 1 is 1.46 bits per heavy atom. The van der Waals surface area contributed by atoms with Crippen molar-refractivity contribution < 1.29 is 8.42 Å². The van der Waals surface area contributed by atoms with E-state index >= 15 is 0 Å². The van der Waals surface area contributed by atoms with Crippen LogP contribution in [0.1, 0.15) is 17.0 Å². The Hall–Kier alpha value is -1.55. The standard InChI is InChI=1S/C15H23N5O2S2/c1-4-13-11(2)19-15(23-13)20-14-9-12(5-6-17-14)10-16-7-8-18-24(3,21)22/h4-6,12,16,18H,1,7-10H2,2-3H3,(H,17,19,20). The molecule has 0 saturated heterocycles. The van der Waals surface area contributed by atoms with Crippen molar-refractivity contribution in [3.8, 4) is 0 Å². The van der Waals surface area contributed by atoms with Crippen molar-refractivity contribution in [2.45, 2.75) is 13.3 Å². The van der Waals surface area contributed by atoms with Gasteiger partial charge in [-0.2, -0.15) is 0 Å². The summed E-state index contributed by atoms with van der Waals surface area (Å²) in [5.74, 6) is 1.19. The summed E-state index contributed by atoms with van der Waals surface area (Å²) in [6.07, 6.45) is 7.58. The first-order chi connectivity index (χ1) is 11.4.